The number of allylic oxidation sites excluding steroid dienone is 1. The fraction of sp³-hybridized carbons (Fsp3) is 0.148. The minimum atomic E-state index is -0.298. The van der Waals surface area contributed by atoms with E-state index < -0.39 is 0 Å². The molecule has 1 aliphatic rings. The average Bonchev–Trinajstić information content (AvgIpc) is 3.02. The summed E-state index contributed by atoms with van der Waals surface area (Å²) in [7, 11) is 1.48. The molecular formula is C27H23NO5. The Bertz CT molecular complexity index is 1250. The molecule has 6 heteroatoms. The van der Waals surface area contributed by atoms with Crippen LogP contribution in [0.25, 0.3) is 6.08 Å². The van der Waals surface area contributed by atoms with Gasteiger partial charge in [-0.2, -0.15) is 0 Å². The number of nitrogens with one attached hydrogen (secondary N) is 1. The molecule has 166 valence electrons. The Kier molecular flexibility index (Phi) is 6.09. The molecule has 0 heterocycles. The van der Waals surface area contributed by atoms with E-state index in [0.29, 0.717) is 33.9 Å². The second-order valence-corrected chi connectivity index (χ2v) is 7.89. The van der Waals surface area contributed by atoms with E-state index in [9.17, 15) is 14.4 Å². The van der Waals surface area contributed by atoms with Crippen LogP contribution in [0.4, 0.5) is 5.69 Å². The molecule has 33 heavy (non-hydrogen) atoms. The number of benzene rings is 3. The lowest BCUT2D eigenvalue weighted by Crippen LogP contribution is -2.20. The van der Waals surface area contributed by atoms with Gasteiger partial charge in [-0.15, -0.1) is 0 Å². The van der Waals surface area contributed by atoms with E-state index >= 15 is 0 Å². The van der Waals surface area contributed by atoms with Crippen LogP contribution in [0.3, 0.4) is 0 Å². The number of Topliss-reactive ketones (excluding diaryl/α,β-unsaturated/α-hetero) is 2. The van der Waals surface area contributed by atoms with Crippen LogP contribution in [0.1, 0.15) is 37.4 Å². The molecule has 0 aliphatic heterocycles. The number of hydrogen-bond donors (Lipinski definition) is 1. The molecule has 0 unspecified atom stereocenters. The van der Waals surface area contributed by atoms with E-state index in [2.05, 4.69) is 5.32 Å². The first-order chi connectivity index (χ1) is 15.9. The second kappa shape index (κ2) is 9.12. The third-order valence-corrected chi connectivity index (χ3v) is 5.27. The van der Waals surface area contributed by atoms with Crippen molar-refractivity contribution in [2.45, 2.75) is 13.8 Å². The summed E-state index contributed by atoms with van der Waals surface area (Å²) in [5.74, 6) is -0.120. The smallest absolute Gasteiger partial charge is 0.262 e. The van der Waals surface area contributed by atoms with Crippen LogP contribution in [-0.2, 0) is 4.79 Å². The van der Waals surface area contributed by atoms with Crippen LogP contribution in [-0.4, -0.2) is 31.2 Å². The molecule has 0 spiro atoms. The lowest BCUT2D eigenvalue weighted by atomic mass is 10.1. The molecule has 0 saturated carbocycles. The van der Waals surface area contributed by atoms with Crippen LogP contribution in [0.15, 0.2) is 66.2 Å². The number of fused-ring (bicyclic) bond motifs is 1. The first kappa shape index (κ1) is 22.0. The van der Waals surface area contributed by atoms with E-state index in [0.717, 1.165) is 11.1 Å². The standard InChI is InChI=1S/C27H23NO5/c1-16-10-17(2)12-19(11-16)28-25(29)15-33-23-9-8-18(14-24(23)32-3)13-22-26(30)20-6-4-5-7-21(20)27(22)31/h4-14H,15H2,1-3H3,(H,28,29). The molecule has 1 aliphatic carbocycles. The Morgan fingerprint density at radius 3 is 2.12 bits per heavy atom. The molecule has 0 atom stereocenters. The van der Waals surface area contributed by atoms with E-state index in [-0.39, 0.29) is 29.7 Å². The van der Waals surface area contributed by atoms with Crippen molar-refractivity contribution in [3.05, 3.63) is 94.1 Å². The zero-order valence-electron chi connectivity index (χ0n) is 18.6. The number of rotatable bonds is 6. The summed E-state index contributed by atoms with van der Waals surface area (Å²) < 4.78 is 11.0. The number of carbonyl (C=O) groups excluding carboxylic acids is 3. The number of ketones is 2. The number of amides is 1. The van der Waals surface area contributed by atoms with Gasteiger partial charge in [-0.1, -0.05) is 36.4 Å². The van der Waals surface area contributed by atoms with Gasteiger partial charge in [0.05, 0.1) is 12.7 Å². The number of ether oxygens (including phenoxy) is 2. The Labute approximate surface area is 191 Å². The lowest BCUT2D eigenvalue weighted by molar-refractivity contribution is -0.118. The van der Waals surface area contributed by atoms with Crippen molar-refractivity contribution < 1.29 is 23.9 Å². The van der Waals surface area contributed by atoms with Crippen molar-refractivity contribution in [2.75, 3.05) is 19.0 Å². The summed E-state index contributed by atoms with van der Waals surface area (Å²) >= 11 is 0. The molecule has 0 radical (unpaired) electrons. The number of anilines is 1. The molecule has 0 saturated heterocycles. The molecule has 0 aromatic heterocycles. The molecule has 3 aromatic carbocycles. The highest BCUT2D eigenvalue weighted by molar-refractivity contribution is 6.41. The van der Waals surface area contributed by atoms with Crippen molar-refractivity contribution in [3.8, 4) is 11.5 Å². The predicted octanol–water partition coefficient (Wildman–Crippen LogP) is 4.79. The number of methoxy groups -OCH3 is 1. The van der Waals surface area contributed by atoms with Crippen molar-refractivity contribution >= 4 is 29.2 Å². The summed E-state index contributed by atoms with van der Waals surface area (Å²) in [6.45, 7) is 3.73. The maximum atomic E-state index is 12.6. The summed E-state index contributed by atoms with van der Waals surface area (Å²) in [4.78, 5) is 37.5. The molecule has 6 nitrogen and oxygen atoms in total. The topological polar surface area (TPSA) is 81.7 Å². The predicted molar refractivity (Wildman–Crippen MR) is 126 cm³/mol. The third-order valence-electron chi connectivity index (χ3n) is 5.27. The fourth-order valence-corrected chi connectivity index (χ4v) is 3.85. The molecule has 1 amide bonds. The lowest BCUT2D eigenvalue weighted by Gasteiger charge is -2.12. The number of carbonyl (C=O) groups is 3. The van der Waals surface area contributed by atoms with Crippen molar-refractivity contribution in [1.29, 1.82) is 0 Å². The van der Waals surface area contributed by atoms with Gasteiger partial charge in [0.1, 0.15) is 0 Å². The van der Waals surface area contributed by atoms with E-state index in [1.165, 1.54) is 7.11 Å². The normalized spacial score (nSPS) is 12.4. The van der Waals surface area contributed by atoms with Crippen LogP contribution in [0.2, 0.25) is 0 Å². The minimum absolute atomic E-state index is 0.111. The fourth-order valence-electron chi connectivity index (χ4n) is 3.85. The summed E-state index contributed by atoms with van der Waals surface area (Å²) in [5.41, 5.74) is 4.37. The molecule has 3 aromatic rings. The molecule has 4 rings (SSSR count). The quantitative estimate of drug-likeness (QED) is 0.439. The van der Waals surface area contributed by atoms with Gasteiger partial charge < -0.3 is 14.8 Å². The molecule has 0 bridgehead atoms. The first-order valence-electron chi connectivity index (χ1n) is 10.4. The Morgan fingerprint density at radius 2 is 1.52 bits per heavy atom. The van der Waals surface area contributed by atoms with Gasteiger partial charge in [0.2, 0.25) is 0 Å². The molecule has 0 fully saturated rings. The maximum absolute atomic E-state index is 12.6. The van der Waals surface area contributed by atoms with Gasteiger partial charge in [0, 0.05) is 16.8 Å². The van der Waals surface area contributed by atoms with Crippen molar-refractivity contribution in [2.24, 2.45) is 0 Å². The minimum Gasteiger partial charge on any atom is -0.493 e. The number of hydrogen-bond acceptors (Lipinski definition) is 5. The second-order valence-electron chi connectivity index (χ2n) is 7.89. The van der Waals surface area contributed by atoms with Gasteiger partial charge in [0.25, 0.3) is 5.91 Å². The summed E-state index contributed by atoms with van der Waals surface area (Å²) in [5, 5.41) is 2.82. The SMILES string of the molecule is COc1cc(C=C2C(=O)c3ccccc3C2=O)ccc1OCC(=O)Nc1cc(C)cc(C)c1. The van der Waals surface area contributed by atoms with Gasteiger partial charge in [-0.3, -0.25) is 14.4 Å². The van der Waals surface area contributed by atoms with Crippen molar-refractivity contribution in [1.82, 2.24) is 0 Å². The van der Waals surface area contributed by atoms with E-state index in [4.69, 9.17) is 9.47 Å². The molecule has 1 N–H and O–H groups in total. The first-order valence-corrected chi connectivity index (χ1v) is 10.4. The molecular weight excluding hydrogens is 418 g/mol. The van der Waals surface area contributed by atoms with Gasteiger partial charge in [0.15, 0.2) is 29.7 Å². The van der Waals surface area contributed by atoms with E-state index in [1.54, 1.807) is 48.5 Å². The Hall–Kier alpha value is -4.19. The number of aryl methyl sites for hydroxylation is 2. The van der Waals surface area contributed by atoms with Crippen LogP contribution in [0.5, 0.6) is 11.5 Å². The summed E-state index contributed by atoms with van der Waals surface area (Å²) in [6.07, 6.45) is 1.55. The highest BCUT2D eigenvalue weighted by Gasteiger charge is 2.32. The Morgan fingerprint density at radius 1 is 0.879 bits per heavy atom. The van der Waals surface area contributed by atoms with Gasteiger partial charge in [-0.05, 0) is 60.9 Å². The average molecular weight is 441 g/mol. The highest BCUT2D eigenvalue weighted by atomic mass is 16.5. The highest BCUT2D eigenvalue weighted by Crippen LogP contribution is 2.32. The van der Waals surface area contributed by atoms with Crippen LogP contribution in [0, 0.1) is 13.8 Å². The van der Waals surface area contributed by atoms with Crippen LogP contribution >= 0.6 is 0 Å². The van der Waals surface area contributed by atoms with Crippen LogP contribution < -0.4 is 14.8 Å². The van der Waals surface area contributed by atoms with Gasteiger partial charge in [-0.25, -0.2) is 0 Å². The zero-order valence-corrected chi connectivity index (χ0v) is 18.6. The Balaban J connectivity index is 1.47. The van der Waals surface area contributed by atoms with Crippen molar-refractivity contribution in [3.63, 3.8) is 0 Å². The monoisotopic (exact) mass is 441 g/mol. The van der Waals surface area contributed by atoms with E-state index in [1.807, 2.05) is 32.0 Å². The zero-order chi connectivity index (χ0) is 23.5. The maximum Gasteiger partial charge on any atom is 0.262 e. The largest absolute Gasteiger partial charge is 0.493 e. The summed E-state index contributed by atoms with van der Waals surface area (Å²) in [6, 6.07) is 17.6. The third kappa shape index (κ3) is 4.70. The van der Waals surface area contributed by atoms with Gasteiger partial charge >= 0.3 is 0 Å².